The van der Waals surface area contributed by atoms with Crippen LogP contribution in [0.3, 0.4) is 0 Å². The number of nitrogens with one attached hydrogen (secondary N) is 1. The van der Waals surface area contributed by atoms with Gasteiger partial charge >= 0.3 is 0 Å². The maximum Gasteiger partial charge on any atom is 0.162 e. The highest BCUT2D eigenvalue weighted by Crippen LogP contribution is 2.37. The molecule has 20 heavy (non-hydrogen) atoms. The standard InChI is InChI=1S/C14H14BrFN2O2/c1-19-13-6-10(17)12(7-14(13)20-2)18-11-5-8(16)3-4-9(11)15/h3-7,18H,17H2,1-2H3. The van der Waals surface area contributed by atoms with Crippen LogP contribution in [-0.4, -0.2) is 14.2 Å². The van der Waals surface area contributed by atoms with Gasteiger partial charge in [-0.1, -0.05) is 0 Å². The summed E-state index contributed by atoms with van der Waals surface area (Å²) in [4.78, 5) is 0. The number of hydrogen-bond acceptors (Lipinski definition) is 4. The summed E-state index contributed by atoms with van der Waals surface area (Å²) >= 11 is 3.35. The normalized spacial score (nSPS) is 10.2. The van der Waals surface area contributed by atoms with Gasteiger partial charge in [-0.05, 0) is 34.1 Å². The highest BCUT2D eigenvalue weighted by atomic mass is 79.9. The maximum absolute atomic E-state index is 13.3. The Hall–Kier alpha value is -1.95. The number of hydrogen-bond donors (Lipinski definition) is 2. The molecular formula is C14H14BrFN2O2. The van der Waals surface area contributed by atoms with Gasteiger partial charge in [0.25, 0.3) is 0 Å². The zero-order valence-corrected chi connectivity index (χ0v) is 12.6. The van der Waals surface area contributed by atoms with Crippen LogP contribution in [0.25, 0.3) is 0 Å². The minimum Gasteiger partial charge on any atom is -0.493 e. The van der Waals surface area contributed by atoms with Crippen molar-refractivity contribution in [3.8, 4) is 11.5 Å². The number of anilines is 3. The fourth-order valence-electron chi connectivity index (χ4n) is 1.74. The lowest BCUT2D eigenvalue weighted by molar-refractivity contribution is 0.355. The van der Waals surface area contributed by atoms with Crippen LogP contribution in [-0.2, 0) is 0 Å². The lowest BCUT2D eigenvalue weighted by Crippen LogP contribution is -2.00. The third-order valence-electron chi connectivity index (χ3n) is 2.75. The summed E-state index contributed by atoms with van der Waals surface area (Å²) in [7, 11) is 3.07. The number of nitrogens with two attached hydrogens (primary N) is 1. The molecule has 106 valence electrons. The number of halogens is 2. The highest BCUT2D eigenvalue weighted by molar-refractivity contribution is 9.10. The SMILES string of the molecule is COc1cc(N)c(Nc2cc(F)ccc2Br)cc1OC. The molecule has 2 aromatic carbocycles. The highest BCUT2D eigenvalue weighted by Gasteiger charge is 2.11. The Labute approximate surface area is 124 Å². The first-order valence-electron chi connectivity index (χ1n) is 5.78. The number of rotatable bonds is 4. The zero-order chi connectivity index (χ0) is 14.7. The molecule has 0 spiro atoms. The van der Waals surface area contributed by atoms with Crippen molar-refractivity contribution in [2.75, 3.05) is 25.3 Å². The summed E-state index contributed by atoms with van der Waals surface area (Å²) in [6, 6.07) is 7.71. The van der Waals surface area contributed by atoms with Gasteiger partial charge < -0.3 is 20.5 Å². The molecule has 0 fully saturated rings. The molecule has 0 heterocycles. The molecule has 0 aliphatic carbocycles. The van der Waals surface area contributed by atoms with Gasteiger partial charge in [-0.15, -0.1) is 0 Å². The van der Waals surface area contributed by atoms with Crippen molar-refractivity contribution >= 4 is 33.0 Å². The van der Waals surface area contributed by atoms with Crippen molar-refractivity contribution in [3.05, 3.63) is 40.6 Å². The molecular weight excluding hydrogens is 327 g/mol. The molecule has 2 rings (SSSR count). The van der Waals surface area contributed by atoms with Gasteiger partial charge in [0.05, 0.1) is 31.3 Å². The van der Waals surface area contributed by atoms with Crippen molar-refractivity contribution in [2.45, 2.75) is 0 Å². The number of benzene rings is 2. The van der Waals surface area contributed by atoms with E-state index in [1.165, 1.54) is 26.4 Å². The second-order valence-corrected chi connectivity index (χ2v) is 4.90. The Bertz CT molecular complexity index is 635. The average molecular weight is 341 g/mol. The average Bonchev–Trinajstić information content (AvgIpc) is 2.44. The first-order valence-corrected chi connectivity index (χ1v) is 6.58. The van der Waals surface area contributed by atoms with Crippen LogP contribution in [0, 0.1) is 5.82 Å². The molecule has 0 radical (unpaired) electrons. The van der Waals surface area contributed by atoms with Gasteiger partial charge in [-0.25, -0.2) is 4.39 Å². The fraction of sp³-hybridized carbons (Fsp3) is 0.143. The first kappa shape index (κ1) is 14.5. The van der Waals surface area contributed by atoms with E-state index in [9.17, 15) is 4.39 Å². The lowest BCUT2D eigenvalue weighted by Gasteiger charge is -2.15. The minimum absolute atomic E-state index is 0.338. The Morgan fingerprint density at radius 2 is 1.70 bits per heavy atom. The van der Waals surface area contributed by atoms with Crippen molar-refractivity contribution in [2.24, 2.45) is 0 Å². The quantitative estimate of drug-likeness (QED) is 0.828. The first-order chi connectivity index (χ1) is 9.55. The smallest absolute Gasteiger partial charge is 0.162 e. The van der Waals surface area contributed by atoms with E-state index in [2.05, 4.69) is 21.2 Å². The number of ether oxygens (including phenoxy) is 2. The van der Waals surface area contributed by atoms with E-state index in [1.807, 2.05) is 0 Å². The molecule has 2 aromatic rings. The minimum atomic E-state index is -0.338. The summed E-state index contributed by atoms with van der Waals surface area (Å²) in [6.45, 7) is 0. The van der Waals surface area contributed by atoms with Crippen LogP contribution in [0.4, 0.5) is 21.5 Å². The van der Waals surface area contributed by atoms with Crippen molar-refractivity contribution in [1.29, 1.82) is 0 Å². The predicted octanol–water partition coefficient (Wildman–Crippen LogP) is 3.93. The van der Waals surface area contributed by atoms with Gasteiger partial charge in [-0.3, -0.25) is 0 Å². The van der Waals surface area contributed by atoms with Gasteiger partial charge in [-0.2, -0.15) is 0 Å². The van der Waals surface area contributed by atoms with Crippen LogP contribution in [0.2, 0.25) is 0 Å². The van der Waals surface area contributed by atoms with E-state index in [1.54, 1.807) is 18.2 Å². The maximum atomic E-state index is 13.3. The van der Waals surface area contributed by atoms with Gasteiger partial charge in [0.2, 0.25) is 0 Å². The molecule has 0 aliphatic rings. The Balaban J connectivity index is 2.40. The number of methoxy groups -OCH3 is 2. The van der Waals surface area contributed by atoms with E-state index in [0.717, 1.165) is 4.47 Å². The topological polar surface area (TPSA) is 56.5 Å². The molecule has 4 nitrogen and oxygen atoms in total. The third kappa shape index (κ3) is 2.96. The van der Waals surface area contributed by atoms with Gasteiger partial charge in [0.15, 0.2) is 11.5 Å². The largest absolute Gasteiger partial charge is 0.493 e. The molecule has 6 heteroatoms. The number of nitrogen functional groups attached to an aromatic ring is 1. The van der Waals surface area contributed by atoms with E-state index in [0.29, 0.717) is 28.6 Å². The van der Waals surface area contributed by atoms with Crippen LogP contribution in [0.1, 0.15) is 0 Å². The molecule has 0 atom stereocenters. The molecule has 0 saturated heterocycles. The molecule has 3 N–H and O–H groups in total. The second kappa shape index (κ2) is 6.00. The van der Waals surface area contributed by atoms with Gasteiger partial charge in [0.1, 0.15) is 5.82 Å². The summed E-state index contributed by atoms with van der Waals surface area (Å²) in [5, 5.41) is 3.06. The summed E-state index contributed by atoms with van der Waals surface area (Å²) in [5.74, 6) is 0.736. The third-order valence-corrected chi connectivity index (χ3v) is 3.44. The fourth-order valence-corrected chi connectivity index (χ4v) is 2.09. The molecule has 0 aliphatic heterocycles. The summed E-state index contributed by atoms with van der Waals surface area (Å²) in [6.07, 6.45) is 0. The van der Waals surface area contributed by atoms with E-state index < -0.39 is 0 Å². The van der Waals surface area contributed by atoms with E-state index in [-0.39, 0.29) is 5.82 Å². The van der Waals surface area contributed by atoms with Crippen molar-refractivity contribution < 1.29 is 13.9 Å². The van der Waals surface area contributed by atoms with Crippen LogP contribution in [0.5, 0.6) is 11.5 Å². The van der Waals surface area contributed by atoms with E-state index in [4.69, 9.17) is 15.2 Å². The Morgan fingerprint density at radius 3 is 2.35 bits per heavy atom. The summed E-state index contributed by atoms with van der Waals surface area (Å²) in [5.41, 5.74) is 7.60. The van der Waals surface area contributed by atoms with Crippen molar-refractivity contribution in [3.63, 3.8) is 0 Å². The predicted molar refractivity (Wildman–Crippen MR) is 81.3 cm³/mol. The molecule has 0 bridgehead atoms. The molecule has 0 amide bonds. The van der Waals surface area contributed by atoms with Gasteiger partial charge in [0, 0.05) is 16.6 Å². The molecule has 0 unspecified atom stereocenters. The Kier molecular flexibility index (Phi) is 4.34. The Morgan fingerprint density at radius 1 is 1.05 bits per heavy atom. The molecule has 0 aromatic heterocycles. The lowest BCUT2D eigenvalue weighted by atomic mass is 10.2. The van der Waals surface area contributed by atoms with Crippen LogP contribution >= 0.6 is 15.9 Å². The van der Waals surface area contributed by atoms with Crippen LogP contribution < -0.4 is 20.5 Å². The van der Waals surface area contributed by atoms with Crippen LogP contribution in [0.15, 0.2) is 34.8 Å². The van der Waals surface area contributed by atoms with E-state index >= 15 is 0 Å². The second-order valence-electron chi connectivity index (χ2n) is 4.04. The molecule has 0 saturated carbocycles. The van der Waals surface area contributed by atoms with Crippen molar-refractivity contribution in [1.82, 2.24) is 0 Å². The summed E-state index contributed by atoms with van der Waals surface area (Å²) < 4.78 is 24.4. The zero-order valence-electron chi connectivity index (χ0n) is 11.0. The monoisotopic (exact) mass is 340 g/mol.